The van der Waals surface area contributed by atoms with Gasteiger partial charge in [-0.15, -0.1) is 11.3 Å². The average molecular weight is 427 g/mol. The zero-order valence-corrected chi connectivity index (χ0v) is 17.3. The van der Waals surface area contributed by atoms with Crippen LogP contribution >= 0.6 is 35.3 Å². The highest BCUT2D eigenvalue weighted by Crippen LogP contribution is 2.33. The molecular weight excluding hydrogens is 404 g/mol. The van der Waals surface area contributed by atoms with Crippen molar-refractivity contribution in [1.29, 1.82) is 0 Å². The van der Waals surface area contributed by atoms with Gasteiger partial charge in [-0.25, -0.2) is 0 Å². The quantitative estimate of drug-likeness (QED) is 0.320. The fourth-order valence-electron chi connectivity index (χ4n) is 2.48. The van der Waals surface area contributed by atoms with Gasteiger partial charge in [-0.1, -0.05) is 36.5 Å². The number of hydrogen-bond acceptors (Lipinski definition) is 6. The number of aliphatic carboxylic acids is 1. The van der Waals surface area contributed by atoms with E-state index in [1.165, 1.54) is 11.8 Å². The average Bonchev–Trinajstić information content (AvgIpc) is 3.21. The maximum absolute atomic E-state index is 12.5. The third-order valence-electron chi connectivity index (χ3n) is 3.87. The van der Waals surface area contributed by atoms with E-state index >= 15 is 0 Å². The van der Waals surface area contributed by atoms with Crippen LogP contribution in [0.1, 0.15) is 43.4 Å². The Hall–Kier alpha value is -1.71. The first kappa shape index (κ1) is 21.6. The minimum Gasteiger partial charge on any atom is -0.481 e. The van der Waals surface area contributed by atoms with Crippen molar-refractivity contribution in [2.45, 2.75) is 38.5 Å². The lowest BCUT2D eigenvalue weighted by atomic mass is 10.2. The Labute approximate surface area is 172 Å². The summed E-state index contributed by atoms with van der Waals surface area (Å²) in [6, 6.07) is 3.91. The molecule has 1 aromatic heterocycles. The van der Waals surface area contributed by atoms with E-state index in [0.717, 1.165) is 24.1 Å². The number of nitrogens with one attached hydrogen (secondary N) is 1. The number of carboxylic acid groups (broad SMARTS) is 1. The standard InChI is InChI=1S/C18H22N2O4S3/c21-15(19-9-4-8-16(22)23)7-2-1-3-10-20-17(24)14(27-18(20)25)12-13-6-5-11-26-13/h5-6,11-12H,1-4,7-10H2,(H,19,21)(H,22,23)/b14-12-. The van der Waals surface area contributed by atoms with E-state index in [4.69, 9.17) is 17.3 Å². The Morgan fingerprint density at radius 2 is 2.04 bits per heavy atom. The lowest BCUT2D eigenvalue weighted by molar-refractivity contribution is -0.137. The topological polar surface area (TPSA) is 86.7 Å². The molecule has 146 valence electrons. The summed E-state index contributed by atoms with van der Waals surface area (Å²) < 4.78 is 0.582. The molecule has 0 bridgehead atoms. The van der Waals surface area contributed by atoms with Gasteiger partial charge in [0.25, 0.3) is 5.91 Å². The first-order valence-electron chi connectivity index (χ1n) is 8.74. The Bertz CT molecular complexity index is 716. The fraction of sp³-hybridized carbons (Fsp3) is 0.444. The third kappa shape index (κ3) is 7.43. The van der Waals surface area contributed by atoms with Crippen LogP contribution in [0.5, 0.6) is 0 Å². The van der Waals surface area contributed by atoms with Crippen molar-refractivity contribution < 1.29 is 19.5 Å². The number of thiophene rings is 1. The van der Waals surface area contributed by atoms with Crippen LogP contribution in [0.4, 0.5) is 0 Å². The van der Waals surface area contributed by atoms with E-state index in [1.54, 1.807) is 16.2 Å². The second kappa shape index (κ2) is 11.2. The molecule has 0 radical (unpaired) electrons. The number of rotatable bonds is 11. The maximum atomic E-state index is 12.5. The molecular formula is C18H22N2O4S3. The summed E-state index contributed by atoms with van der Waals surface area (Å²) in [5.41, 5.74) is 0. The molecule has 2 rings (SSSR count). The van der Waals surface area contributed by atoms with E-state index in [1.807, 2.05) is 23.6 Å². The maximum Gasteiger partial charge on any atom is 0.303 e. The molecule has 1 aromatic rings. The summed E-state index contributed by atoms with van der Waals surface area (Å²) >= 11 is 8.22. The van der Waals surface area contributed by atoms with E-state index < -0.39 is 5.97 Å². The summed E-state index contributed by atoms with van der Waals surface area (Å²) in [6.07, 6.45) is 5.11. The highest BCUT2D eigenvalue weighted by atomic mass is 32.2. The molecule has 6 nitrogen and oxygen atoms in total. The van der Waals surface area contributed by atoms with Crippen LogP contribution in [0.2, 0.25) is 0 Å². The van der Waals surface area contributed by atoms with Gasteiger partial charge in [-0.3, -0.25) is 19.3 Å². The second-order valence-electron chi connectivity index (χ2n) is 6.01. The van der Waals surface area contributed by atoms with E-state index in [2.05, 4.69) is 5.32 Å². The van der Waals surface area contributed by atoms with Crippen LogP contribution in [0.25, 0.3) is 6.08 Å². The first-order chi connectivity index (χ1) is 13.0. The molecule has 0 aliphatic carbocycles. The summed E-state index contributed by atoms with van der Waals surface area (Å²) in [5, 5.41) is 13.2. The highest BCUT2D eigenvalue weighted by Gasteiger charge is 2.31. The Kier molecular flexibility index (Phi) is 8.96. The van der Waals surface area contributed by atoms with Crippen molar-refractivity contribution in [1.82, 2.24) is 10.2 Å². The molecule has 2 heterocycles. The summed E-state index contributed by atoms with van der Waals surface area (Å²) in [4.78, 5) is 37.8. The van der Waals surface area contributed by atoms with Crippen LogP contribution in [0.15, 0.2) is 22.4 Å². The molecule has 27 heavy (non-hydrogen) atoms. The molecule has 2 N–H and O–H groups in total. The predicted molar refractivity (Wildman–Crippen MR) is 113 cm³/mol. The van der Waals surface area contributed by atoms with Crippen molar-refractivity contribution in [2.75, 3.05) is 13.1 Å². The summed E-state index contributed by atoms with van der Waals surface area (Å²) in [6.45, 7) is 0.949. The molecule has 9 heteroatoms. The normalized spacial score (nSPS) is 15.6. The number of amides is 2. The van der Waals surface area contributed by atoms with Gasteiger partial charge in [-0.05, 0) is 36.8 Å². The van der Waals surface area contributed by atoms with Crippen LogP contribution in [-0.4, -0.2) is 45.2 Å². The van der Waals surface area contributed by atoms with Gasteiger partial charge in [-0.2, -0.15) is 0 Å². The Morgan fingerprint density at radius 1 is 1.22 bits per heavy atom. The number of unbranched alkanes of at least 4 members (excludes halogenated alkanes) is 2. The first-order valence-corrected chi connectivity index (χ1v) is 10.8. The Balaban J connectivity index is 1.63. The van der Waals surface area contributed by atoms with Crippen LogP contribution < -0.4 is 5.32 Å². The van der Waals surface area contributed by atoms with Crippen molar-refractivity contribution in [3.05, 3.63) is 27.3 Å². The van der Waals surface area contributed by atoms with Gasteiger partial charge in [0.1, 0.15) is 4.32 Å². The summed E-state index contributed by atoms with van der Waals surface area (Å²) in [5.74, 6) is -0.968. The largest absolute Gasteiger partial charge is 0.481 e. The van der Waals surface area contributed by atoms with Gasteiger partial charge in [0.2, 0.25) is 5.91 Å². The molecule has 0 aromatic carbocycles. The molecule has 2 amide bonds. The minimum atomic E-state index is -0.856. The molecule has 0 unspecified atom stereocenters. The van der Waals surface area contributed by atoms with E-state index in [9.17, 15) is 14.4 Å². The molecule has 0 atom stereocenters. The monoisotopic (exact) mass is 426 g/mol. The zero-order chi connectivity index (χ0) is 19.6. The molecule has 0 spiro atoms. The smallest absolute Gasteiger partial charge is 0.303 e. The lowest BCUT2D eigenvalue weighted by Gasteiger charge is -2.14. The van der Waals surface area contributed by atoms with Gasteiger partial charge in [0.05, 0.1) is 4.91 Å². The number of carboxylic acids is 1. The van der Waals surface area contributed by atoms with E-state index in [-0.39, 0.29) is 18.2 Å². The number of hydrogen-bond donors (Lipinski definition) is 2. The Morgan fingerprint density at radius 3 is 2.74 bits per heavy atom. The highest BCUT2D eigenvalue weighted by molar-refractivity contribution is 8.26. The number of carbonyl (C=O) groups is 3. The van der Waals surface area contributed by atoms with Crippen molar-refractivity contribution in [3.63, 3.8) is 0 Å². The van der Waals surface area contributed by atoms with Crippen LogP contribution in [0, 0.1) is 0 Å². The molecule has 1 fully saturated rings. The van der Waals surface area contributed by atoms with E-state index in [0.29, 0.717) is 35.2 Å². The van der Waals surface area contributed by atoms with Crippen molar-refractivity contribution in [3.8, 4) is 0 Å². The SMILES string of the molecule is O=C(O)CCCNC(=O)CCCCCN1C(=O)/C(=C/c2cccs2)SC1=S. The summed E-state index contributed by atoms with van der Waals surface area (Å²) in [7, 11) is 0. The van der Waals surface area contributed by atoms with Crippen LogP contribution in [0.3, 0.4) is 0 Å². The fourth-order valence-corrected chi connectivity index (χ4v) is 4.51. The molecule has 1 saturated heterocycles. The second-order valence-corrected chi connectivity index (χ2v) is 8.66. The number of thioether (sulfide) groups is 1. The third-order valence-corrected chi connectivity index (χ3v) is 6.06. The van der Waals surface area contributed by atoms with Gasteiger partial charge >= 0.3 is 5.97 Å². The lowest BCUT2D eigenvalue weighted by Crippen LogP contribution is -2.29. The predicted octanol–water partition coefficient (Wildman–Crippen LogP) is 3.49. The van der Waals surface area contributed by atoms with Crippen molar-refractivity contribution in [2.24, 2.45) is 0 Å². The molecule has 1 aliphatic rings. The van der Waals surface area contributed by atoms with Crippen molar-refractivity contribution >= 4 is 63.5 Å². The van der Waals surface area contributed by atoms with Crippen LogP contribution in [-0.2, 0) is 14.4 Å². The molecule has 0 saturated carbocycles. The molecule has 1 aliphatic heterocycles. The number of thiocarbonyl (C=S) groups is 1. The zero-order valence-electron chi connectivity index (χ0n) is 14.8. The number of nitrogens with zero attached hydrogens (tertiary/aromatic N) is 1. The van der Waals surface area contributed by atoms with Gasteiger partial charge < -0.3 is 10.4 Å². The number of carbonyl (C=O) groups excluding carboxylic acids is 2. The van der Waals surface area contributed by atoms with Gasteiger partial charge in [0, 0.05) is 30.8 Å². The minimum absolute atomic E-state index is 0.0467. The van der Waals surface area contributed by atoms with Gasteiger partial charge in [0.15, 0.2) is 0 Å².